The molecule has 0 unspecified atom stereocenters. The summed E-state index contributed by atoms with van der Waals surface area (Å²) in [6.45, 7) is 5.47. The van der Waals surface area contributed by atoms with Crippen molar-refractivity contribution in [1.29, 1.82) is 0 Å². The number of thiazole rings is 1. The van der Waals surface area contributed by atoms with Crippen molar-refractivity contribution < 1.29 is 0 Å². The standard InChI is InChI=1S/C16H19N5S/c1-2-15-14(10-18-19-15)16(3-1)21-8-6-20(7-9-21)5-4-13-11-22-12-17-13/h1-3,10-12H,4-9H2,(H,18,19). The van der Waals surface area contributed by atoms with Gasteiger partial charge in [0.1, 0.15) is 0 Å². The second kappa shape index (κ2) is 6.06. The van der Waals surface area contributed by atoms with Crippen LogP contribution >= 0.6 is 11.3 Å². The lowest BCUT2D eigenvalue weighted by Crippen LogP contribution is -2.47. The Bertz CT molecular complexity index is 728. The smallest absolute Gasteiger partial charge is 0.0794 e. The number of hydrogen-bond acceptors (Lipinski definition) is 5. The van der Waals surface area contributed by atoms with E-state index in [0.29, 0.717) is 0 Å². The highest BCUT2D eigenvalue weighted by molar-refractivity contribution is 7.07. The minimum Gasteiger partial charge on any atom is -0.368 e. The minimum absolute atomic E-state index is 1.06. The molecule has 1 N–H and O–H groups in total. The van der Waals surface area contributed by atoms with Crippen molar-refractivity contribution in [3.05, 3.63) is 41.0 Å². The molecule has 3 heterocycles. The first-order chi connectivity index (χ1) is 10.9. The molecule has 0 spiro atoms. The quantitative estimate of drug-likeness (QED) is 0.803. The molecule has 1 aliphatic heterocycles. The Morgan fingerprint density at radius 2 is 2.09 bits per heavy atom. The summed E-state index contributed by atoms with van der Waals surface area (Å²) in [5.41, 5.74) is 5.54. The Morgan fingerprint density at radius 3 is 2.91 bits per heavy atom. The van der Waals surface area contributed by atoms with Crippen LogP contribution in [0.2, 0.25) is 0 Å². The number of fused-ring (bicyclic) bond motifs is 1. The molecule has 0 radical (unpaired) electrons. The number of benzene rings is 1. The summed E-state index contributed by atoms with van der Waals surface area (Å²) >= 11 is 1.68. The molecule has 1 fully saturated rings. The molecule has 4 rings (SSSR count). The number of aromatic amines is 1. The largest absolute Gasteiger partial charge is 0.368 e. The normalized spacial score (nSPS) is 16.5. The van der Waals surface area contributed by atoms with Crippen molar-refractivity contribution in [3.8, 4) is 0 Å². The van der Waals surface area contributed by atoms with E-state index in [1.807, 2.05) is 11.7 Å². The molecule has 22 heavy (non-hydrogen) atoms. The maximum absolute atomic E-state index is 4.36. The third kappa shape index (κ3) is 2.71. The van der Waals surface area contributed by atoms with Gasteiger partial charge in [-0.1, -0.05) is 6.07 Å². The molecular formula is C16H19N5S. The third-order valence-corrected chi connectivity index (χ3v) is 4.98. The number of anilines is 1. The van der Waals surface area contributed by atoms with E-state index in [2.05, 4.69) is 48.6 Å². The van der Waals surface area contributed by atoms with Crippen LogP contribution in [-0.4, -0.2) is 52.8 Å². The summed E-state index contributed by atoms with van der Waals surface area (Å²) in [5.74, 6) is 0. The molecule has 6 heteroatoms. The van der Waals surface area contributed by atoms with Gasteiger partial charge in [0.05, 0.1) is 22.9 Å². The monoisotopic (exact) mass is 313 g/mol. The molecule has 0 amide bonds. The lowest BCUT2D eigenvalue weighted by molar-refractivity contribution is 0.260. The second-order valence-electron chi connectivity index (χ2n) is 5.67. The fraction of sp³-hybridized carbons (Fsp3) is 0.375. The molecule has 0 bridgehead atoms. The number of nitrogens with zero attached hydrogens (tertiary/aromatic N) is 4. The number of H-pyrrole nitrogens is 1. The van der Waals surface area contributed by atoms with Crippen LogP contribution in [0, 0.1) is 0 Å². The summed E-state index contributed by atoms with van der Waals surface area (Å²) in [6, 6.07) is 6.38. The molecule has 1 aromatic carbocycles. The van der Waals surface area contributed by atoms with E-state index in [1.165, 1.54) is 16.8 Å². The predicted octanol–water partition coefficient (Wildman–Crippen LogP) is 2.38. The Balaban J connectivity index is 1.38. The summed E-state index contributed by atoms with van der Waals surface area (Å²) in [4.78, 5) is 9.36. The van der Waals surface area contributed by atoms with Gasteiger partial charge >= 0.3 is 0 Å². The number of piperazine rings is 1. The van der Waals surface area contributed by atoms with E-state index in [-0.39, 0.29) is 0 Å². The molecule has 3 aromatic rings. The molecule has 0 atom stereocenters. The molecule has 2 aromatic heterocycles. The topological polar surface area (TPSA) is 48.1 Å². The van der Waals surface area contributed by atoms with Gasteiger partial charge in [0, 0.05) is 55.6 Å². The van der Waals surface area contributed by atoms with E-state index in [4.69, 9.17) is 0 Å². The van der Waals surface area contributed by atoms with Crippen molar-refractivity contribution in [2.75, 3.05) is 37.6 Å². The average Bonchev–Trinajstić information content (AvgIpc) is 3.24. The average molecular weight is 313 g/mol. The van der Waals surface area contributed by atoms with Crippen LogP contribution in [0.4, 0.5) is 5.69 Å². The van der Waals surface area contributed by atoms with Crippen LogP contribution < -0.4 is 4.90 Å². The number of nitrogens with one attached hydrogen (secondary N) is 1. The Kier molecular flexibility index (Phi) is 3.78. The van der Waals surface area contributed by atoms with Crippen molar-refractivity contribution in [2.24, 2.45) is 0 Å². The van der Waals surface area contributed by atoms with Crippen molar-refractivity contribution in [2.45, 2.75) is 6.42 Å². The van der Waals surface area contributed by atoms with Gasteiger partial charge in [-0.15, -0.1) is 11.3 Å². The summed E-state index contributed by atoms with van der Waals surface area (Å²) in [7, 11) is 0. The van der Waals surface area contributed by atoms with Crippen LogP contribution in [0.3, 0.4) is 0 Å². The first-order valence-corrected chi connectivity index (χ1v) is 8.61. The molecule has 0 aliphatic carbocycles. The van der Waals surface area contributed by atoms with Gasteiger partial charge in [0.2, 0.25) is 0 Å². The maximum atomic E-state index is 4.36. The zero-order valence-electron chi connectivity index (χ0n) is 12.4. The van der Waals surface area contributed by atoms with Crippen molar-refractivity contribution >= 4 is 27.9 Å². The molecule has 1 saturated heterocycles. The van der Waals surface area contributed by atoms with Crippen LogP contribution in [0.25, 0.3) is 10.9 Å². The van der Waals surface area contributed by atoms with Gasteiger partial charge in [0.25, 0.3) is 0 Å². The third-order valence-electron chi connectivity index (χ3n) is 4.34. The SMILES string of the molecule is c1cc(N2CCN(CCc3cscn3)CC2)c2cn[nH]c2c1. The van der Waals surface area contributed by atoms with Crippen LogP contribution in [-0.2, 0) is 6.42 Å². The molecule has 5 nitrogen and oxygen atoms in total. The van der Waals surface area contributed by atoms with E-state index >= 15 is 0 Å². The highest BCUT2D eigenvalue weighted by atomic mass is 32.1. The van der Waals surface area contributed by atoms with Gasteiger partial charge < -0.3 is 4.90 Å². The predicted molar refractivity (Wildman–Crippen MR) is 90.6 cm³/mol. The van der Waals surface area contributed by atoms with Gasteiger partial charge in [-0.05, 0) is 12.1 Å². The summed E-state index contributed by atoms with van der Waals surface area (Å²) in [6.07, 6.45) is 2.99. The lowest BCUT2D eigenvalue weighted by Gasteiger charge is -2.36. The molecule has 114 valence electrons. The van der Waals surface area contributed by atoms with Crippen molar-refractivity contribution in [3.63, 3.8) is 0 Å². The van der Waals surface area contributed by atoms with Crippen LogP contribution in [0.5, 0.6) is 0 Å². The number of aromatic nitrogens is 3. The molecule has 1 aliphatic rings. The van der Waals surface area contributed by atoms with Crippen LogP contribution in [0.1, 0.15) is 5.69 Å². The van der Waals surface area contributed by atoms with Crippen LogP contribution in [0.15, 0.2) is 35.3 Å². The van der Waals surface area contributed by atoms with E-state index in [9.17, 15) is 0 Å². The van der Waals surface area contributed by atoms with Gasteiger partial charge in [-0.2, -0.15) is 5.10 Å². The zero-order valence-corrected chi connectivity index (χ0v) is 13.2. The van der Waals surface area contributed by atoms with Gasteiger partial charge in [0.15, 0.2) is 0 Å². The highest BCUT2D eigenvalue weighted by Gasteiger charge is 2.18. The molecule has 0 saturated carbocycles. The van der Waals surface area contributed by atoms with E-state index in [1.54, 1.807) is 11.3 Å². The van der Waals surface area contributed by atoms with E-state index in [0.717, 1.165) is 44.7 Å². The summed E-state index contributed by atoms with van der Waals surface area (Å²) in [5, 5.41) is 10.6. The number of rotatable bonds is 4. The fourth-order valence-corrected chi connectivity index (χ4v) is 3.67. The Labute approximate surface area is 133 Å². The van der Waals surface area contributed by atoms with E-state index < -0.39 is 0 Å². The second-order valence-corrected chi connectivity index (χ2v) is 6.39. The Morgan fingerprint density at radius 1 is 1.18 bits per heavy atom. The number of hydrogen-bond donors (Lipinski definition) is 1. The maximum Gasteiger partial charge on any atom is 0.0794 e. The van der Waals surface area contributed by atoms with Gasteiger partial charge in [-0.25, -0.2) is 4.98 Å². The first kappa shape index (κ1) is 13.7. The summed E-state index contributed by atoms with van der Waals surface area (Å²) < 4.78 is 0. The molecular weight excluding hydrogens is 294 g/mol. The fourth-order valence-electron chi connectivity index (χ4n) is 3.07. The highest BCUT2D eigenvalue weighted by Crippen LogP contribution is 2.26. The van der Waals surface area contributed by atoms with Crippen molar-refractivity contribution in [1.82, 2.24) is 20.1 Å². The Hall–Kier alpha value is -1.92. The minimum atomic E-state index is 1.06. The lowest BCUT2D eigenvalue weighted by atomic mass is 10.1. The van der Waals surface area contributed by atoms with Gasteiger partial charge in [-0.3, -0.25) is 10.00 Å². The first-order valence-electron chi connectivity index (χ1n) is 7.66. The zero-order chi connectivity index (χ0) is 14.8.